The molecule has 0 unspecified atom stereocenters. The molecular formula is C18H27ClN2O. The molecule has 1 aromatic carbocycles. The molecule has 1 fully saturated rings. The van der Waals surface area contributed by atoms with E-state index in [1.807, 2.05) is 24.3 Å². The molecule has 1 aliphatic rings. The predicted molar refractivity (Wildman–Crippen MR) is 92.6 cm³/mol. The summed E-state index contributed by atoms with van der Waals surface area (Å²) in [5, 5.41) is 4.26. The van der Waals surface area contributed by atoms with Crippen molar-refractivity contribution in [1.29, 1.82) is 0 Å². The van der Waals surface area contributed by atoms with Crippen molar-refractivity contribution < 1.29 is 4.79 Å². The summed E-state index contributed by atoms with van der Waals surface area (Å²) in [6, 6.07) is 8.69. The maximum atomic E-state index is 12.6. The van der Waals surface area contributed by atoms with Gasteiger partial charge in [0.05, 0.1) is 5.92 Å². The van der Waals surface area contributed by atoms with E-state index in [1.165, 1.54) is 0 Å². The molecule has 0 aromatic heterocycles. The van der Waals surface area contributed by atoms with Gasteiger partial charge in [-0.1, -0.05) is 30.7 Å². The highest BCUT2D eigenvalue weighted by molar-refractivity contribution is 6.30. The zero-order chi connectivity index (χ0) is 16.1. The summed E-state index contributed by atoms with van der Waals surface area (Å²) < 4.78 is 0. The lowest BCUT2D eigenvalue weighted by molar-refractivity contribution is -0.121. The van der Waals surface area contributed by atoms with Crippen LogP contribution in [-0.4, -0.2) is 42.4 Å². The minimum atomic E-state index is -0.0466. The van der Waals surface area contributed by atoms with Gasteiger partial charge in [-0.15, -0.1) is 0 Å². The van der Waals surface area contributed by atoms with Gasteiger partial charge in [0, 0.05) is 43.2 Å². The molecule has 0 spiro atoms. The fourth-order valence-electron chi connectivity index (χ4n) is 3.36. The lowest BCUT2D eigenvalue weighted by Crippen LogP contribution is -2.55. The first-order valence-corrected chi connectivity index (χ1v) is 8.64. The van der Waals surface area contributed by atoms with Gasteiger partial charge in [0.1, 0.15) is 5.78 Å². The van der Waals surface area contributed by atoms with Crippen molar-refractivity contribution >= 4 is 17.4 Å². The van der Waals surface area contributed by atoms with Crippen molar-refractivity contribution in [3.05, 3.63) is 34.9 Å². The highest BCUT2D eigenvalue weighted by atomic mass is 35.5. The molecule has 3 nitrogen and oxygen atoms in total. The Hall–Kier alpha value is -0.900. The summed E-state index contributed by atoms with van der Waals surface area (Å²) in [6.07, 6.45) is 1.54. The SMILES string of the molecule is CCCC(=O)[C@H](CN1C[C@@H](C)N[C@@H](C)C1)c1ccc(Cl)cc1. The summed E-state index contributed by atoms with van der Waals surface area (Å²) in [5.41, 5.74) is 1.08. The van der Waals surface area contributed by atoms with Crippen molar-refractivity contribution in [1.82, 2.24) is 10.2 Å². The molecule has 0 aliphatic carbocycles. The van der Waals surface area contributed by atoms with Crippen LogP contribution in [0.2, 0.25) is 5.02 Å². The Labute approximate surface area is 139 Å². The second kappa shape index (κ2) is 8.09. The number of rotatable bonds is 6. The molecule has 0 radical (unpaired) electrons. The normalized spacial score (nSPS) is 24.2. The summed E-state index contributed by atoms with van der Waals surface area (Å²) in [5.74, 6) is 0.290. The van der Waals surface area contributed by atoms with Gasteiger partial charge < -0.3 is 5.32 Å². The van der Waals surface area contributed by atoms with E-state index >= 15 is 0 Å². The largest absolute Gasteiger partial charge is 0.309 e. The molecule has 1 saturated heterocycles. The number of carbonyl (C=O) groups is 1. The van der Waals surface area contributed by atoms with Crippen LogP contribution in [-0.2, 0) is 4.79 Å². The molecule has 0 saturated carbocycles. The number of nitrogens with zero attached hydrogens (tertiary/aromatic N) is 1. The zero-order valence-electron chi connectivity index (χ0n) is 13.8. The number of piperazine rings is 1. The highest BCUT2D eigenvalue weighted by Crippen LogP contribution is 2.23. The Bertz CT molecular complexity index is 478. The average Bonchev–Trinajstić information content (AvgIpc) is 2.45. The standard InChI is InChI=1S/C18H27ClN2O/c1-4-5-18(22)17(15-6-8-16(19)9-7-15)12-21-10-13(2)20-14(3)11-21/h6-9,13-14,17,20H,4-5,10-12H2,1-3H3/t13-,14+,17-/m1/s1. The first-order chi connectivity index (χ1) is 10.5. The summed E-state index contributed by atoms with van der Waals surface area (Å²) in [6.45, 7) is 9.26. The number of hydrogen-bond acceptors (Lipinski definition) is 3. The number of Topliss-reactive ketones (excluding diaryl/α,β-unsaturated/α-hetero) is 1. The van der Waals surface area contributed by atoms with Crippen molar-refractivity contribution in [2.24, 2.45) is 0 Å². The van der Waals surface area contributed by atoms with E-state index in [0.717, 1.165) is 36.6 Å². The molecule has 1 aromatic rings. The van der Waals surface area contributed by atoms with E-state index in [2.05, 4.69) is 31.0 Å². The van der Waals surface area contributed by atoms with E-state index in [4.69, 9.17) is 11.6 Å². The monoisotopic (exact) mass is 322 g/mol. The highest BCUT2D eigenvalue weighted by Gasteiger charge is 2.27. The second-order valence-corrected chi connectivity index (χ2v) is 6.94. The first-order valence-electron chi connectivity index (χ1n) is 8.26. The minimum Gasteiger partial charge on any atom is -0.309 e. The molecule has 3 atom stereocenters. The summed E-state index contributed by atoms with van der Waals surface area (Å²) in [7, 11) is 0. The predicted octanol–water partition coefficient (Wildman–Crippen LogP) is 3.48. The minimum absolute atomic E-state index is 0.0466. The van der Waals surface area contributed by atoms with Gasteiger partial charge in [0.25, 0.3) is 0 Å². The Morgan fingerprint density at radius 2 is 1.86 bits per heavy atom. The lowest BCUT2D eigenvalue weighted by atomic mass is 9.91. The van der Waals surface area contributed by atoms with Crippen LogP contribution in [0.1, 0.15) is 45.1 Å². The van der Waals surface area contributed by atoms with E-state index in [9.17, 15) is 4.79 Å². The van der Waals surface area contributed by atoms with Crippen molar-refractivity contribution in [3.63, 3.8) is 0 Å². The molecule has 4 heteroatoms. The third kappa shape index (κ3) is 4.80. The number of carbonyl (C=O) groups excluding carboxylic acids is 1. The Morgan fingerprint density at radius 3 is 2.41 bits per heavy atom. The van der Waals surface area contributed by atoms with Gasteiger partial charge in [0.15, 0.2) is 0 Å². The molecule has 122 valence electrons. The van der Waals surface area contributed by atoms with E-state index in [-0.39, 0.29) is 5.92 Å². The molecule has 1 heterocycles. The first kappa shape index (κ1) is 17.5. The third-order valence-corrected chi connectivity index (χ3v) is 4.48. The second-order valence-electron chi connectivity index (χ2n) is 6.51. The molecule has 0 amide bonds. The number of hydrogen-bond donors (Lipinski definition) is 1. The molecule has 22 heavy (non-hydrogen) atoms. The smallest absolute Gasteiger partial charge is 0.141 e. The van der Waals surface area contributed by atoms with Crippen molar-refractivity contribution in [2.75, 3.05) is 19.6 Å². The van der Waals surface area contributed by atoms with Crippen molar-refractivity contribution in [3.8, 4) is 0 Å². The number of halogens is 1. The van der Waals surface area contributed by atoms with Crippen LogP contribution in [0.15, 0.2) is 24.3 Å². The van der Waals surface area contributed by atoms with Crippen LogP contribution in [0.3, 0.4) is 0 Å². The Morgan fingerprint density at radius 1 is 1.27 bits per heavy atom. The molecule has 2 rings (SSSR count). The average molecular weight is 323 g/mol. The molecule has 1 aliphatic heterocycles. The lowest BCUT2D eigenvalue weighted by Gasteiger charge is -2.37. The van der Waals surface area contributed by atoms with Crippen LogP contribution in [0, 0.1) is 0 Å². The van der Waals surface area contributed by atoms with E-state index in [1.54, 1.807) is 0 Å². The van der Waals surface area contributed by atoms with Crippen LogP contribution < -0.4 is 5.32 Å². The van der Waals surface area contributed by atoms with Gasteiger partial charge in [-0.05, 0) is 38.0 Å². The van der Waals surface area contributed by atoms with E-state index < -0.39 is 0 Å². The molecule has 0 bridgehead atoms. The van der Waals surface area contributed by atoms with Crippen molar-refractivity contribution in [2.45, 2.75) is 51.6 Å². The Kier molecular flexibility index (Phi) is 6.42. The van der Waals surface area contributed by atoms with E-state index in [0.29, 0.717) is 24.3 Å². The van der Waals surface area contributed by atoms with Crippen LogP contribution in [0.5, 0.6) is 0 Å². The number of nitrogens with one attached hydrogen (secondary N) is 1. The summed E-state index contributed by atoms with van der Waals surface area (Å²) in [4.78, 5) is 15.0. The third-order valence-electron chi connectivity index (χ3n) is 4.23. The fourth-order valence-corrected chi connectivity index (χ4v) is 3.48. The quantitative estimate of drug-likeness (QED) is 0.870. The van der Waals surface area contributed by atoms with Crippen LogP contribution in [0.4, 0.5) is 0 Å². The van der Waals surface area contributed by atoms with Crippen LogP contribution in [0.25, 0.3) is 0 Å². The van der Waals surface area contributed by atoms with Gasteiger partial charge in [0.2, 0.25) is 0 Å². The topological polar surface area (TPSA) is 32.3 Å². The number of benzene rings is 1. The van der Waals surface area contributed by atoms with Crippen LogP contribution >= 0.6 is 11.6 Å². The zero-order valence-corrected chi connectivity index (χ0v) is 14.6. The maximum absolute atomic E-state index is 12.6. The van der Waals surface area contributed by atoms with Gasteiger partial charge in [-0.25, -0.2) is 0 Å². The maximum Gasteiger partial charge on any atom is 0.141 e. The van der Waals surface area contributed by atoms with Gasteiger partial charge in [-0.3, -0.25) is 9.69 Å². The molecular weight excluding hydrogens is 296 g/mol. The Balaban J connectivity index is 2.13. The fraction of sp³-hybridized carbons (Fsp3) is 0.611. The molecule has 1 N–H and O–H groups in total. The summed E-state index contributed by atoms with van der Waals surface area (Å²) >= 11 is 5.98. The van der Waals surface area contributed by atoms with Gasteiger partial charge in [-0.2, -0.15) is 0 Å². The van der Waals surface area contributed by atoms with Gasteiger partial charge >= 0.3 is 0 Å². The number of ketones is 1.